The lowest BCUT2D eigenvalue weighted by molar-refractivity contribution is 0.379. The van der Waals surface area contributed by atoms with Gasteiger partial charge in [0.25, 0.3) is 0 Å². The molecule has 0 bridgehead atoms. The van der Waals surface area contributed by atoms with Crippen molar-refractivity contribution in [2.45, 2.75) is 0 Å². The molecular weight excluding hydrogens is 402 g/mol. The van der Waals surface area contributed by atoms with Gasteiger partial charge in [-0.3, -0.25) is 0 Å². The molecule has 0 fully saturated rings. The zero-order valence-corrected chi connectivity index (χ0v) is 17.1. The van der Waals surface area contributed by atoms with Crippen LogP contribution in [0.4, 0.5) is 0 Å². The van der Waals surface area contributed by atoms with E-state index in [1.54, 1.807) is 18.2 Å². The van der Waals surface area contributed by atoms with Crippen LogP contribution in [-0.2, 0) is 0 Å². The Labute approximate surface area is 182 Å². The molecular formula is C26H17N3O3. The van der Waals surface area contributed by atoms with Crippen molar-refractivity contribution in [1.29, 1.82) is 0 Å². The number of para-hydroxylation sites is 1. The molecule has 4 aromatic carbocycles. The van der Waals surface area contributed by atoms with Gasteiger partial charge in [0, 0.05) is 16.3 Å². The summed E-state index contributed by atoms with van der Waals surface area (Å²) in [6.45, 7) is 0. The van der Waals surface area contributed by atoms with Crippen LogP contribution in [0.15, 0.2) is 83.3 Å². The Morgan fingerprint density at radius 1 is 0.719 bits per heavy atom. The summed E-state index contributed by atoms with van der Waals surface area (Å²) in [6, 6.07) is 25.4. The number of phenols is 1. The van der Waals surface area contributed by atoms with Gasteiger partial charge in [-0.25, -0.2) is 4.98 Å². The van der Waals surface area contributed by atoms with Gasteiger partial charge in [-0.2, -0.15) is 9.97 Å². The van der Waals surface area contributed by atoms with Gasteiger partial charge in [-0.15, -0.1) is 0 Å². The molecule has 6 aromatic rings. The van der Waals surface area contributed by atoms with Crippen LogP contribution < -0.4 is 4.74 Å². The minimum absolute atomic E-state index is 0.0894. The van der Waals surface area contributed by atoms with Crippen molar-refractivity contribution < 1.29 is 14.3 Å². The average Bonchev–Trinajstić information content (AvgIpc) is 3.19. The molecule has 0 unspecified atom stereocenters. The second-order valence-electron chi connectivity index (χ2n) is 7.49. The van der Waals surface area contributed by atoms with Gasteiger partial charge in [-0.05, 0) is 47.2 Å². The van der Waals surface area contributed by atoms with E-state index >= 15 is 0 Å². The minimum atomic E-state index is 0.0894. The Hall–Kier alpha value is -4.45. The highest BCUT2D eigenvalue weighted by molar-refractivity contribution is 6.10. The van der Waals surface area contributed by atoms with E-state index in [4.69, 9.17) is 9.15 Å². The van der Waals surface area contributed by atoms with Gasteiger partial charge in [0.15, 0.2) is 11.6 Å². The lowest BCUT2D eigenvalue weighted by Gasteiger charge is -2.07. The second kappa shape index (κ2) is 7.06. The van der Waals surface area contributed by atoms with Crippen LogP contribution in [0, 0.1) is 0 Å². The molecule has 32 heavy (non-hydrogen) atoms. The predicted octanol–water partition coefficient (Wildman–Crippen LogP) is 5.97. The average molecular weight is 419 g/mol. The van der Waals surface area contributed by atoms with Crippen LogP contribution in [-0.4, -0.2) is 27.2 Å². The van der Waals surface area contributed by atoms with E-state index in [1.807, 2.05) is 36.4 Å². The van der Waals surface area contributed by atoms with Crippen LogP contribution in [0.2, 0.25) is 0 Å². The minimum Gasteiger partial charge on any atom is -0.507 e. The number of aromatic hydroxyl groups is 1. The van der Waals surface area contributed by atoms with Crippen LogP contribution in [0.25, 0.3) is 55.5 Å². The Kier molecular flexibility index (Phi) is 4.04. The lowest BCUT2D eigenvalue weighted by Crippen LogP contribution is -2.00. The molecule has 0 aliphatic carbocycles. The van der Waals surface area contributed by atoms with E-state index in [2.05, 4.69) is 39.2 Å². The summed E-state index contributed by atoms with van der Waals surface area (Å²) in [4.78, 5) is 13.3. The fraction of sp³-hybridized carbons (Fsp3) is 0.0385. The number of phenolic OH excluding ortho intramolecular Hbond substituents is 1. The molecule has 0 aliphatic rings. The van der Waals surface area contributed by atoms with Gasteiger partial charge < -0.3 is 14.3 Å². The van der Waals surface area contributed by atoms with E-state index in [-0.39, 0.29) is 11.8 Å². The number of furan rings is 1. The van der Waals surface area contributed by atoms with Crippen molar-refractivity contribution in [3.63, 3.8) is 0 Å². The van der Waals surface area contributed by atoms with E-state index in [0.29, 0.717) is 17.2 Å². The normalized spacial score (nSPS) is 11.4. The number of hydrogen-bond donors (Lipinski definition) is 1. The molecule has 6 rings (SSSR count). The summed E-state index contributed by atoms with van der Waals surface area (Å²) in [5, 5.41) is 14.6. The molecule has 6 nitrogen and oxygen atoms in total. The fourth-order valence-electron chi connectivity index (χ4n) is 3.96. The second-order valence-corrected chi connectivity index (χ2v) is 7.49. The van der Waals surface area contributed by atoms with Crippen molar-refractivity contribution in [2.75, 3.05) is 7.11 Å². The highest BCUT2D eigenvalue weighted by atomic mass is 16.5. The number of aromatic nitrogens is 3. The Balaban J connectivity index is 1.53. The van der Waals surface area contributed by atoms with E-state index in [0.717, 1.165) is 32.9 Å². The number of methoxy groups -OCH3 is 1. The topological polar surface area (TPSA) is 81.3 Å². The molecule has 2 heterocycles. The van der Waals surface area contributed by atoms with Gasteiger partial charge in [0.2, 0.25) is 0 Å². The predicted molar refractivity (Wildman–Crippen MR) is 124 cm³/mol. The number of nitrogens with zero attached hydrogens (tertiary/aromatic N) is 3. The third-order valence-electron chi connectivity index (χ3n) is 5.54. The maximum atomic E-state index is 10.2. The van der Waals surface area contributed by atoms with Crippen LogP contribution in [0.1, 0.15) is 0 Å². The van der Waals surface area contributed by atoms with Crippen molar-refractivity contribution in [3.05, 3.63) is 78.9 Å². The van der Waals surface area contributed by atoms with Crippen molar-refractivity contribution in [1.82, 2.24) is 15.0 Å². The SMILES string of the molecule is COc1nc(-c2ccc3c(c2)oc2cc4ccccc4cc23)nc(-c2ccccc2O)n1. The summed E-state index contributed by atoms with van der Waals surface area (Å²) < 4.78 is 11.5. The molecule has 0 spiro atoms. The smallest absolute Gasteiger partial charge is 0.320 e. The van der Waals surface area contributed by atoms with Gasteiger partial charge >= 0.3 is 6.01 Å². The molecule has 0 radical (unpaired) electrons. The van der Waals surface area contributed by atoms with Crippen molar-refractivity contribution in [3.8, 4) is 34.5 Å². The highest BCUT2D eigenvalue weighted by Crippen LogP contribution is 2.35. The standard InChI is InChI=1S/C26H17N3O3/c1-31-26-28-24(27-25(29-26)19-8-4-5-9-21(19)30)17-10-11-18-20-12-15-6-2-3-7-16(15)13-23(20)32-22(18)14-17/h2-14,30H,1H3. The number of benzene rings is 4. The van der Waals surface area contributed by atoms with Crippen molar-refractivity contribution >= 4 is 32.7 Å². The summed E-state index contributed by atoms with van der Waals surface area (Å²) in [5.41, 5.74) is 2.85. The molecule has 0 amide bonds. The van der Waals surface area contributed by atoms with E-state index < -0.39 is 0 Å². The molecule has 1 N–H and O–H groups in total. The maximum Gasteiger partial charge on any atom is 0.320 e. The molecule has 2 aromatic heterocycles. The molecule has 154 valence electrons. The molecule has 0 aliphatic heterocycles. The van der Waals surface area contributed by atoms with Crippen LogP contribution in [0.5, 0.6) is 11.8 Å². The Bertz CT molecular complexity index is 1640. The number of fused-ring (bicyclic) bond motifs is 4. The van der Waals surface area contributed by atoms with E-state index in [9.17, 15) is 5.11 Å². The number of hydrogen-bond acceptors (Lipinski definition) is 6. The lowest BCUT2D eigenvalue weighted by atomic mass is 10.1. The first-order valence-corrected chi connectivity index (χ1v) is 10.1. The Morgan fingerprint density at radius 2 is 1.44 bits per heavy atom. The third-order valence-corrected chi connectivity index (χ3v) is 5.54. The number of ether oxygens (including phenoxy) is 1. The molecule has 6 heteroatoms. The first-order chi connectivity index (χ1) is 15.7. The van der Waals surface area contributed by atoms with E-state index in [1.165, 1.54) is 12.5 Å². The zero-order valence-electron chi connectivity index (χ0n) is 17.1. The molecule has 0 saturated heterocycles. The van der Waals surface area contributed by atoms with Crippen LogP contribution in [0.3, 0.4) is 0 Å². The summed E-state index contributed by atoms with van der Waals surface area (Å²) in [7, 11) is 1.50. The fourth-order valence-corrected chi connectivity index (χ4v) is 3.96. The Morgan fingerprint density at radius 3 is 2.25 bits per heavy atom. The number of rotatable bonds is 3. The van der Waals surface area contributed by atoms with Gasteiger partial charge in [0.1, 0.15) is 16.9 Å². The third kappa shape index (κ3) is 2.93. The maximum absolute atomic E-state index is 10.2. The summed E-state index contributed by atoms with van der Waals surface area (Å²) in [6.07, 6.45) is 0. The monoisotopic (exact) mass is 419 g/mol. The largest absolute Gasteiger partial charge is 0.507 e. The summed E-state index contributed by atoms with van der Waals surface area (Å²) in [5.74, 6) is 0.857. The first kappa shape index (κ1) is 18.3. The van der Waals surface area contributed by atoms with Gasteiger partial charge in [-0.1, -0.05) is 42.5 Å². The quantitative estimate of drug-likeness (QED) is 0.380. The van der Waals surface area contributed by atoms with Crippen LogP contribution >= 0.6 is 0 Å². The zero-order chi connectivity index (χ0) is 21.7. The highest BCUT2D eigenvalue weighted by Gasteiger charge is 2.15. The molecule has 0 atom stereocenters. The van der Waals surface area contributed by atoms with Crippen molar-refractivity contribution in [2.24, 2.45) is 0 Å². The first-order valence-electron chi connectivity index (χ1n) is 10.1. The van der Waals surface area contributed by atoms with Gasteiger partial charge in [0.05, 0.1) is 12.7 Å². The molecule has 0 saturated carbocycles. The summed E-state index contributed by atoms with van der Waals surface area (Å²) >= 11 is 0.